The highest BCUT2D eigenvalue weighted by molar-refractivity contribution is 7.89. The van der Waals surface area contributed by atoms with E-state index >= 15 is 0 Å². The first-order chi connectivity index (χ1) is 10.2. The van der Waals surface area contributed by atoms with Crippen LogP contribution < -0.4 is 5.32 Å². The van der Waals surface area contributed by atoms with Crippen LogP contribution in [0.3, 0.4) is 0 Å². The number of aryl methyl sites for hydroxylation is 1. The fraction of sp³-hybridized carbons (Fsp3) is 0.667. The van der Waals surface area contributed by atoms with E-state index in [9.17, 15) is 21.6 Å². The van der Waals surface area contributed by atoms with E-state index < -0.39 is 22.0 Å². The lowest BCUT2D eigenvalue weighted by Crippen LogP contribution is -2.32. The van der Waals surface area contributed by atoms with Crippen molar-refractivity contribution in [3.05, 3.63) is 17.7 Å². The fourth-order valence-corrected chi connectivity index (χ4v) is 4.65. The van der Waals surface area contributed by atoms with Crippen molar-refractivity contribution in [2.24, 2.45) is 11.8 Å². The van der Waals surface area contributed by atoms with Crippen molar-refractivity contribution in [3.8, 4) is 0 Å². The van der Waals surface area contributed by atoms with Gasteiger partial charge < -0.3 is 5.32 Å². The first-order valence-corrected chi connectivity index (χ1v) is 8.25. The highest BCUT2D eigenvalue weighted by Gasteiger charge is 2.43. The zero-order valence-corrected chi connectivity index (χ0v) is 12.6. The Kier molecular flexibility index (Phi) is 3.65. The Bertz CT molecular complexity index is 680. The molecule has 2 aliphatic rings. The third kappa shape index (κ3) is 2.59. The maximum Gasteiger partial charge on any atom is 0.451 e. The minimum Gasteiger partial charge on any atom is -0.316 e. The van der Waals surface area contributed by atoms with Gasteiger partial charge in [-0.05, 0) is 31.8 Å². The van der Waals surface area contributed by atoms with E-state index in [0.29, 0.717) is 13.1 Å². The average Bonchev–Trinajstić information content (AvgIpc) is 2.97. The molecule has 2 saturated heterocycles. The van der Waals surface area contributed by atoms with Crippen LogP contribution in [0, 0.1) is 18.8 Å². The number of sulfonamides is 1. The lowest BCUT2D eigenvalue weighted by molar-refractivity contribution is -0.145. The van der Waals surface area contributed by atoms with Crippen molar-refractivity contribution in [2.75, 3.05) is 26.2 Å². The first kappa shape index (κ1) is 15.6. The summed E-state index contributed by atoms with van der Waals surface area (Å²) in [5, 5.41) is 3.20. The summed E-state index contributed by atoms with van der Waals surface area (Å²) in [5.41, 5.74) is -0.183. The summed E-state index contributed by atoms with van der Waals surface area (Å²) in [7, 11) is -3.86. The second kappa shape index (κ2) is 5.14. The molecule has 122 valence electrons. The zero-order valence-electron chi connectivity index (χ0n) is 11.8. The molecule has 1 aromatic rings. The van der Waals surface area contributed by atoms with Crippen LogP contribution in [-0.4, -0.2) is 48.9 Å². The number of alkyl halides is 3. The molecule has 6 nitrogen and oxygen atoms in total. The van der Waals surface area contributed by atoms with Gasteiger partial charge in [0.05, 0.1) is 11.9 Å². The second-order valence-corrected chi connectivity index (χ2v) is 7.55. The monoisotopic (exact) mass is 336 g/mol. The summed E-state index contributed by atoms with van der Waals surface area (Å²) >= 11 is 0. The van der Waals surface area contributed by atoms with Crippen molar-refractivity contribution in [2.45, 2.75) is 18.0 Å². The third-order valence-electron chi connectivity index (χ3n) is 4.16. The van der Waals surface area contributed by atoms with E-state index in [1.165, 1.54) is 11.2 Å². The van der Waals surface area contributed by atoms with Crippen LogP contribution in [0.1, 0.15) is 11.5 Å². The molecule has 22 heavy (non-hydrogen) atoms. The molecular formula is C12H15F3N4O2S. The van der Waals surface area contributed by atoms with Crippen LogP contribution in [0.25, 0.3) is 0 Å². The molecule has 1 aromatic heterocycles. The van der Waals surface area contributed by atoms with Crippen molar-refractivity contribution < 1.29 is 21.6 Å². The average molecular weight is 336 g/mol. The predicted octanol–water partition coefficient (Wildman–Crippen LogP) is 0.644. The molecule has 10 heteroatoms. The summed E-state index contributed by atoms with van der Waals surface area (Å²) in [6, 6.07) is 0. The Balaban J connectivity index is 1.90. The van der Waals surface area contributed by atoms with Gasteiger partial charge in [-0.2, -0.15) is 17.5 Å². The summed E-state index contributed by atoms with van der Waals surface area (Å²) in [6.45, 7) is 3.53. The highest BCUT2D eigenvalue weighted by atomic mass is 32.2. The Hall–Kier alpha value is -1.26. The standard InChI is InChI=1S/C12H15F3N4O2S/c1-7-10(4-17-11(18-7)12(13,14)15)22(20,21)19-5-8-2-16-3-9(8)6-19/h4,8-9,16H,2-3,5-6H2,1H3/t8-,9-/m1/s1. The molecule has 3 rings (SSSR count). The molecule has 2 aliphatic heterocycles. The minimum atomic E-state index is -4.69. The highest BCUT2D eigenvalue weighted by Crippen LogP contribution is 2.32. The smallest absolute Gasteiger partial charge is 0.316 e. The topological polar surface area (TPSA) is 75.2 Å². The molecule has 1 N–H and O–H groups in total. The lowest BCUT2D eigenvalue weighted by atomic mass is 10.0. The maximum absolute atomic E-state index is 12.6. The van der Waals surface area contributed by atoms with Crippen LogP contribution in [-0.2, 0) is 16.2 Å². The van der Waals surface area contributed by atoms with Crippen LogP contribution >= 0.6 is 0 Å². The molecule has 0 unspecified atom stereocenters. The molecule has 3 heterocycles. The van der Waals surface area contributed by atoms with Crippen molar-refractivity contribution in [1.29, 1.82) is 0 Å². The Labute approximate surface area is 125 Å². The van der Waals surface area contributed by atoms with Gasteiger partial charge in [0.15, 0.2) is 0 Å². The number of halogens is 3. The molecular weight excluding hydrogens is 321 g/mol. The van der Waals surface area contributed by atoms with E-state index in [4.69, 9.17) is 0 Å². The van der Waals surface area contributed by atoms with Gasteiger partial charge in [0, 0.05) is 13.1 Å². The molecule has 0 bridgehead atoms. The largest absolute Gasteiger partial charge is 0.451 e. The number of fused-ring (bicyclic) bond motifs is 1. The van der Waals surface area contributed by atoms with Gasteiger partial charge >= 0.3 is 6.18 Å². The number of nitrogens with one attached hydrogen (secondary N) is 1. The zero-order chi connectivity index (χ0) is 16.1. The predicted molar refractivity (Wildman–Crippen MR) is 70.4 cm³/mol. The van der Waals surface area contributed by atoms with Crippen LogP contribution in [0.4, 0.5) is 13.2 Å². The van der Waals surface area contributed by atoms with Gasteiger partial charge in [0.1, 0.15) is 4.90 Å². The summed E-state index contributed by atoms with van der Waals surface area (Å²) in [4.78, 5) is 6.21. The van der Waals surface area contributed by atoms with E-state index in [1.54, 1.807) is 0 Å². The van der Waals surface area contributed by atoms with Crippen molar-refractivity contribution >= 4 is 10.0 Å². The van der Waals surface area contributed by atoms with E-state index in [1.807, 2.05) is 0 Å². The summed E-state index contributed by atoms with van der Waals surface area (Å²) in [6.07, 6.45) is -3.93. The van der Waals surface area contributed by atoms with E-state index in [2.05, 4.69) is 15.3 Å². The van der Waals surface area contributed by atoms with E-state index in [-0.39, 0.29) is 22.4 Å². The van der Waals surface area contributed by atoms with Crippen LogP contribution in [0.5, 0.6) is 0 Å². The normalized spacial score (nSPS) is 26.4. The van der Waals surface area contributed by atoms with Gasteiger partial charge in [-0.15, -0.1) is 0 Å². The summed E-state index contributed by atoms with van der Waals surface area (Å²) < 4.78 is 64.2. The van der Waals surface area contributed by atoms with Gasteiger partial charge in [-0.3, -0.25) is 0 Å². The summed E-state index contributed by atoms with van der Waals surface area (Å²) in [5.74, 6) is -0.817. The number of rotatable bonds is 2. The van der Waals surface area contributed by atoms with Crippen LogP contribution in [0.2, 0.25) is 0 Å². The molecule has 0 radical (unpaired) electrons. The van der Waals surface area contributed by atoms with Crippen molar-refractivity contribution in [3.63, 3.8) is 0 Å². The maximum atomic E-state index is 12.6. The quantitative estimate of drug-likeness (QED) is 0.858. The first-order valence-electron chi connectivity index (χ1n) is 6.81. The molecule has 2 atom stereocenters. The SMILES string of the molecule is Cc1nc(C(F)(F)F)ncc1S(=O)(=O)N1C[C@H]2CNC[C@@H]2C1. The molecule has 0 spiro atoms. The van der Waals surface area contributed by atoms with E-state index in [0.717, 1.165) is 19.3 Å². The Morgan fingerprint density at radius 1 is 1.27 bits per heavy atom. The molecule has 0 amide bonds. The van der Waals surface area contributed by atoms with Gasteiger partial charge in [-0.1, -0.05) is 0 Å². The fourth-order valence-electron chi connectivity index (χ4n) is 2.99. The number of hydrogen-bond donors (Lipinski definition) is 1. The molecule has 2 fully saturated rings. The Morgan fingerprint density at radius 2 is 1.86 bits per heavy atom. The van der Waals surface area contributed by atoms with Gasteiger partial charge in [0.25, 0.3) is 0 Å². The number of hydrogen-bond acceptors (Lipinski definition) is 5. The lowest BCUT2D eigenvalue weighted by Gasteiger charge is -2.18. The third-order valence-corrected chi connectivity index (χ3v) is 6.10. The second-order valence-electron chi connectivity index (χ2n) is 5.64. The molecule has 0 aliphatic carbocycles. The number of aromatic nitrogens is 2. The Morgan fingerprint density at radius 3 is 2.36 bits per heavy atom. The molecule has 0 saturated carbocycles. The van der Waals surface area contributed by atoms with Crippen LogP contribution in [0.15, 0.2) is 11.1 Å². The number of nitrogens with zero attached hydrogens (tertiary/aromatic N) is 3. The van der Waals surface area contributed by atoms with Gasteiger partial charge in [0.2, 0.25) is 15.8 Å². The van der Waals surface area contributed by atoms with Gasteiger partial charge in [-0.25, -0.2) is 18.4 Å². The molecule has 0 aromatic carbocycles. The minimum absolute atomic E-state index is 0.183. The van der Waals surface area contributed by atoms with Crippen molar-refractivity contribution in [1.82, 2.24) is 19.6 Å².